The number of carbonyl (C=O) groups is 1. The van der Waals surface area contributed by atoms with Gasteiger partial charge in [-0.05, 0) is 27.2 Å². The highest BCUT2D eigenvalue weighted by Gasteiger charge is 2.25. The van der Waals surface area contributed by atoms with Crippen LogP contribution in [0.5, 0.6) is 0 Å². The van der Waals surface area contributed by atoms with Crippen molar-refractivity contribution in [3.63, 3.8) is 0 Å². The van der Waals surface area contributed by atoms with Crippen LogP contribution in [-0.4, -0.2) is 75.9 Å². The van der Waals surface area contributed by atoms with Crippen molar-refractivity contribution in [3.8, 4) is 0 Å². The maximum Gasteiger partial charge on any atom is 0.239 e. The summed E-state index contributed by atoms with van der Waals surface area (Å²) in [5.41, 5.74) is -0.222. The van der Waals surface area contributed by atoms with E-state index in [9.17, 15) is 4.79 Å². The van der Waals surface area contributed by atoms with Crippen LogP contribution in [0, 0.1) is 5.92 Å². The molecule has 1 unspecified atom stereocenters. The topological polar surface area (TPSA) is 75.2 Å². The van der Waals surface area contributed by atoms with Crippen molar-refractivity contribution < 1.29 is 14.3 Å². The molecule has 1 saturated heterocycles. The van der Waals surface area contributed by atoms with Crippen LogP contribution in [0.2, 0.25) is 0 Å². The summed E-state index contributed by atoms with van der Waals surface area (Å²) in [6.07, 6.45) is 1.07. The van der Waals surface area contributed by atoms with Gasteiger partial charge >= 0.3 is 0 Å². The standard InChI is InChI=1S/C16H32N4O3/c1-16(2,3)19-14(21)10-18-15(17-4)20-7-6-13(11-20)12-23-9-8-22-5/h13H,6-12H2,1-5H3,(H,17,18)(H,19,21). The Kier molecular flexibility index (Phi) is 8.33. The minimum absolute atomic E-state index is 0.0303. The molecule has 7 heteroatoms. The fourth-order valence-corrected chi connectivity index (χ4v) is 2.51. The van der Waals surface area contributed by atoms with E-state index in [0.29, 0.717) is 19.1 Å². The summed E-state index contributed by atoms with van der Waals surface area (Å²) < 4.78 is 10.6. The third kappa shape index (κ3) is 8.18. The van der Waals surface area contributed by atoms with Gasteiger partial charge in [-0.15, -0.1) is 0 Å². The number of carbonyl (C=O) groups excluding carboxylic acids is 1. The zero-order chi connectivity index (χ0) is 17.3. The Morgan fingerprint density at radius 1 is 1.35 bits per heavy atom. The van der Waals surface area contributed by atoms with Gasteiger partial charge in [0.2, 0.25) is 5.91 Å². The number of amides is 1. The molecule has 1 fully saturated rings. The van der Waals surface area contributed by atoms with Crippen molar-refractivity contribution in [3.05, 3.63) is 0 Å². The monoisotopic (exact) mass is 328 g/mol. The summed E-state index contributed by atoms with van der Waals surface area (Å²) in [6.45, 7) is 9.95. The molecule has 134 valence electrons. The zero-order valence-electron chi connectivity index (χ0n) is 15.1. The second-order valence-electron chi connectivity index (χ2n) is 6.87. The van der Waals surface area contributed by atoms with Gasteiger partial charge in [0, 0.05) is 38.7 Å². The number of nitrogens with one attached hydrogen (secondary N) is 2. The molecule has 0 spiro atoms. The molecule has 1 heterocycles. The summed E-state index contributed by atoms with van der Waals surface area (Å²) in [5.74, 6) is 1.24. The van der Waals surface area contributed by atoms with Crippen LogP contribution in [0.4, 0.5) is 0 Å². The van der Waals surface area contributed by atoms with E-state index in [4.69, 9.17) is 9.47 Å². The second-order valence-corrected chi connectivity index (χ2v) is 6.87. The highest BCUT2D eigenvalue weighted by molar-refractivity contribution is 5.86. The normalized spacial score (nSPS) is 19.1. The summed E-state index contributed by atoms with van der Waals surface area (Å²) in [7, 11) is 3.42. The highest BCUT2D eigenvalue weighted by Crippen LogP contribution is 2.16. The molecule has 1 atom stereocenters. The molecule has 1 amide bonds. The molecule has 1 aliphatic rings. The molecule has 0 bridgehead atoms. The first-order valence-electron chi connectivity index (χ1n) is 8.19. The average Bonchev–Trinajstić information content (AvgIpc) is 2.91. The maximum atomic E-state index is 11.9. The van der Waals surface area contributed by atoms with Crippen molar-refractivity contribution in [2.75, 3.05) is 53.6 Å². The molecule has 2 N–H and O–H groups in total. The van der Waals surface area contributed by atoms with E-state index in [1.807, 2.05) is 20.8 Å². The Bertz CT molecular complexity index is 393. The zero-order valence-corrected chi connectivity index (χ0v) is 15.1. The van der Waals surface area contributed by atoms with Gasteiger partial charge in [-0.25, -0.2) is 0 Å². The Labute approximate surface area is 139 Å². The first-order chi connectivity index (χ1) is 10.9. The molecule has 23 heavy (non-hydrogen) atoms. The summed E-state index contributed by atoms with van der Waals surface area (Å²) in [5, 5.41) is 6.06. The van der Waals surface area contributed by atoms with E-state index < -0.39 is 0 Å². The lowest BCUT2D eigenvalue weighted by Crippen LogP contribution is -2.48. The second kappa shape index (κ2) is 9.72. The Morgan fingerprint density at radius 3 is 2.70 bits per heavy atom. The predicted molar refractivity (Wildman–Crippen MR) is 91.6 cm³/mol. The van der Waals surface area contributed by atoms with Crippen LogP contribution in [0.1, 0.15) is 27.2 Å². The Morgan fingerprint density at radius 2 is 2.09 bits per heavy atom. The molecular formula is C16H32N4O3. The van der Waals surface area contributed by atoms with Crippen LogP contribution in [-0.2, 0) is 14.3 Å². The number of aliphatic imine (C=N–C) groups is 1. The van der Waals surface area contributed by atoms with Gasteiger partial charge in [0.15, 0.2) is 5.96 Å². The minimum Gasteiger partial charge on any atom is -0.382 e. The third-order valence-electron chi connectivity index (χ3n) is 3.50. The molecule has 0 aromatic rings. The third-order valence-corrected chi connectivity index (χ3v) is 3.50. The fraction of sp³-hybridized carbons (Fsp3) is 0.875. The minimum atomic E-state index is -0.222. The number of methoxy groups -OCH3 is 1. The molecule has 0 saturated carbocycles. The van der Waals surface area contributed by atoms with Gasteiger partial charge in [-0.2, -0.15) is 0 Å². The van der Waals surface area contributed by atoms with Crippen LogP contribution in [0.3, 0.4) is 0 Å². The lowest BCUT2D eigenvalue weighted by Gasteiger charge is -2.24. The quantitative estimate of drug-likeness (QED) is 0.403. The van der Waals surface area contributed by atoms with Gasteiger partial charge < -0.3 is 25.0 Å². The largest absolute Gasteiger partial charge is 0.382 e. The fourth-order valence-electron chi connectivity index (χ4n) is 2.51. The van der Waals surface area contributed by atoms with E-state index >= 15 is 0 Å². The predicted octanol–water partition coefficient (Wildman–Crippen LogP) is 0.461. The van der Waals surface area contributed by atoms with E-state index in [-0.39, 0.29) is 18.0 Å². The van der Waals surface area contributed by atoms with Crippen molar-refractivity contribution in [2.45, 2.75) is 32.7 Å². The lowest BCUT2D eigenvalue weighted by atomic mass is 10.1. The van der Waals surface area contributed by atoms with Gasteiger partial charge in [-0.3, -0.25) is 9.79 Å². The van der Waals surface area contributed by atoms with E-state index in [2.05, 4.69) is 20.5 Å². The number of ether oxygens (including phenoxy) is 2. The van der Waals surface area contributed by atoms with Crippen LogP contribution < -0.4 is 10.6 Å². The number of nitrogens with zero attached hydrogens (tertiary/aromatic N) is 2. The molecule has 7 nitrogen and oxygen atoms in total. The lowest BCUT2D eigenvalue weighted by molar-refractivity contribution is -0.121. The first-order valence-corrected chi connectivity index (χ1v) is 8.19. The van der Waals surface area contributed by atoms with Crippen LogP contribution in [0.15, 0.2) is 4.99 Å². The number of hydrogen-bond donors (Lipinski definition) is 2. The van der Waals surface area contributed by atoms with Gasteiger partial charge in [0.1, 0.15) is 0 Å². The van der Waals surface area contributed by atoms with Crippen LogP contribution in [0.25, 0.3) is 0 Å². The van der Waals surface area contributed by atoms with Gasteiger partial charge in [0.25, 0.3) is 0 Å². The van der Waals surface area contributed by atoms with Crippen molar-refractivity contribution >= 4 is 11.9 Å². The number of rotatable bonds is 7. The van der Waals surface area contributed by atoms with Gasteiger partial charge in [-0.1, -0.05) is 0 Å². The Hall–Kier alpha value is -1.34. The number of likely N-dealkylation sites (tertiary alicyclic amines) is 1. The SMILES string of the molecule is CN=C(NCC(=O)NC(C)(C)C)N1CCC(COCCOC)C1. The van der Waals surface area contributed by atoms with Crippen molar-refractivity contribution in [1.82, 2.24) is 15.5 Å². The van der Waals surface area contributed by atoms with E-state index in [1.165, 1.54) is 0 Å². The smallest absolute Gasteiger partial charge is 0.239 e. The Balaban J connectivity index is 2.32. The first kappa shape index (κ1) is 19.7. The van der Waals surface area contributed by atoms with E-state index in [1.54, 1.807) is 14.2 Å². The summed E-state index contributed by atoms with van der Waals surface area (Å²) in [4.78, 5) is 18.3. The van der Waals surface area contributed by atoms with Gasteiger partial charge in [0.05, 0.1) is 26.4 Å². The van der Waals surface area contributed by atoms with E-state index in [0.717, 1.165) is 32.1 Å². The molecule has 0 aliphatic carbocycles. The molecule has 1 rings (SSSR count). The maximum absolute atomic E-state index is 11.9. The van der Waals surface area contributed by atoms with Crippen molar-refractivity contribution in [1.29, 1.82) is 0 Å². The molecule has 1 aliphatic heterocycles. The average molecular weight is 328 g/mol. The summed E-state index contributed by atoms with van der Waals surface area (Å²) in [6, 6.07) is 0. The molecule has 0 aromatic carbocycles. The molecular weight excluding hydrogens is 296 g/mol. The highest BCUT2D eigenvalue weighted by atomic mass is 16.5. The van der Waals surface area contributed by atoms with Crippen molar-refractivity contribution in [2.24, 2.45) is 10.9 Å². The summed E-state index contributed by atoms with van der Waals surface area (Å²) >= 11 is 0. The number of hydrogen-bond acceptors (Lipinski definition) is 4. The van der Waals surface area contributed by atoms with Crippen LogP contribution >= 0.6 is 0 Å². The molecule has 0 aromatic heterocycles. The number of guanidine groups is 1. The molecule has 0 radical (unpaired) electrons.